The van der Waals surface area contributed by atoms with Crippen LogP contribution in [0.5, 0.6) is 0 Å². The van der Waals surface area contributed by atoms with Crippen LogP contribution < -0.4 is 5.32 Å². The molecule has 0 spiro atoms. The van der Waals surface area contributed by atoms with Crippen LogP contribution in [-0.4, -0.2) is 75.1 Å². The van der Waals surface area contributed by atoms with E-state index in [1.165, 1.54) is 0 Å². The number of nitrogens with zero attached hydrogens (tertiary/aromatic N) is 2. The molecule has 0 aromatic carbocycles. The van der Waals surface area contributed by atoms with Crippen molar-refractivity contribution in [3.8, 4) is 0 Å². The van der Waals surface area contributed by atoms with E-state index in [1.54, 1.807) is 4.90 Å². The molecule has 0 aromatic rings. The number of carbonyl (C=O) groups excluding carboxylic acids is 2. The van der Waals surface area contributed by atoms with Gasteiger partial charge in [-0.05, 0) is 27.1 Å². The van der Waals surface area contributed by atoms with Gasteiger partial charge in [-0.15, -0.1) is 0 Å². The summed E-state index contributed by atoms with van der Waals surface area (Å²) in [5, 5.41) is 2.76. The van der Waals surface area contributed by atoms with E-state index in [2.05, 4.69) is 10.2 Å². The molecule has 0 saturated carbocycles. The minimum absolute atomic E-state index is 0.0536. The number of ether oxygens (including phenoxy) is 1. The minimum Gasteiger partial charge on any atom is -0.378 e. The van der Waals surface area contributed by atoms with Crippen LogP contribution >= 0.6 is 0 Å². The maximum absolute atomic E-state index is 11.8. The topological polar surface area (TPSA) is 61.9 Å². The molecule has 1 rings (SSSR count). The summed E-state index contributed by atoms with van der Waals surface area (Å²) in [6.45, 7) is 3.86. The summed E-state index contributed by atoms with van der Waals surface area (Å²) in [4.78, 5) is 27.0. The highest BCUT2D eigenvalue weighted by Gasteiger charge is 2.19. The Morgan fingerprint density at radius 1 is 1.28 bits per heavy atom. The van der Waals surface area contributed by atoms with Crippen molar-refractivity contribution in [1.29, 1.82) is 0 Å². The Hall–Kier alpha value is -1.14. The fraction of sp³-hybridized carbons (Fsp3) is 0.833. The third kappa shape index (κ3) is 5.97. The highest BCUT2D eigenvalue weighted by Crippen LogP contribution is 2.00. The zero-order valence-corrected chi connectivity index (χ0v) is 11.3. The molecular formula is C12H23N3O3. The van der Waals surface area contributed by atoms with Gasteiger partial charge in [-0.2, -0.15) is 0 Å². The number of morpholine rings is 1. The lowest BCUT2D eigenvalue weighted by atomic mass is 10.3. The largest absolute Gasteiger partial charge is 0.378 e. The second-order valence-corrected chi connectivity index (χ2v) is 4.68. The standard InChI is InChI=1S/C12H23N3O3/c1-14(2)5-3-4-13-11(16)10-12(17)15-6-8-18-9-7-15/h3-10H2,1-2H3,(H,13,16). The first-order valence-corrected chi connectivity index (χ1v) is 6.36. The molecule has 1 aliphatic heterocycles. The molecule has 6 heteroatoms. The lowest BCUT2D eigenvalue weighted by Crippen LogP contribution is -2.42. The summed E-state index contributed by atoms with van der Waals surface area (Å²) in [5.41, 5.74) is 0. The molecular weight excluding hydrogens is 234 g/mol. The molecule has 104 valence electrons. The molecule has 6 nitrogen and oxygen atoms in total. The van der Waals surface area contributed by atoms with Crippen molar-refractivity contribution in [3.63, 3.8) is 0 Å². The molecule has 1 aliphatic rings. The van der Waals surface area contributed by atoms with Gasteiger partial charge in [0.1, 0.15) is 6.42 Å². The zero-order valence-electron chi connectivity index (χ0n) is 11.3. The normalized spacial score (nSPS) is 15.8. The molecule has 0 radical (unpaired) electrons. The summed E-state index contributed by atoms with van der Waals surface area (Å²) in [5.74, 6) is -0.298. The number of carbonyl (C=O) groups is 2. The number of hydrogen-bond acceptors (Lipinski definition) is 4. The van der Waals surface area contributed by atoms with Crippen LogP contribution in [0.1, 0.15) is 12.8 Å². The monoisotopic (exact) mass is 257 g/mol. The molecule has 0 atom stereocenters. The Bertz CT molecular complexity index is 276. The van der Waals surface area contributed by atoms with Gasteiger partial charge in [-0.1, -0.05) is 0 Å². The highest BCUT2D eigenvalue weighted by atomic mass is 16.5. The zero-order chi connectivity index (χ0) is 13.4. The van der Waals surface area contributed by atoms with Crippen LogP contribution in [0.3, 0.4) is 0 Å². The average Bonchev–Trinajstić information content (AvgIpc) is 2.35. The first kappa shape index (κ1) is 14.9. The molecule has 1 heterocycles. The van der Waals surface area contributed by atoms with Crippen LogP contribution in [0.15, 0.2) is 0 Å². The summed E-state index contributed by atoms with van der Waals surface area (Å²) >= 11 is 0. The quantitative estimate of drug-likeness (QED) is 0.505. The van der Waals surface area contributed by atoms with Crippen molar-refractivity contribution < 1.29 is 14.3 Å². The van der Waals surface area contributed by atoms with Gasteiger partial charge in [0.2, 0.25) is 11.8 Å². The Kier molecular flexibility index (Phi) is 6.67. The molecule has 0 unspecified atom stereocenters. The minimum atomic E-state index is -0.190. The highest BCUT2D eigenvalue weighted by molar-refractivity contribution is 5.96. The SMILES string of the molecule is CN(C)CCCNC(=O)CC(=O)N1CCOCC1. The van der Waals surface area contributed by atoms with Gasteiger partial charge in [0.05, 0.1) is 13.2 Å². The molecule has 1 saturated heterocycles. The van der Waals surface area contributed by atoms with E-state index in [-0.39, 0.29) is 18.2 Å². The molecule has 0 aromatic heterocycles. The number of nitrogens with one attached hydrogen (secondary N) is 1. The summed E-state index contributed by atoms with van der Waals surface area (Å²) < 4.78 is 5.16. The number of amides is 2. The molecule has 0 bridgehead atoms. The third-order valence-electron chi connectivity index (χ3n) is 2.78. The van der Waals surface area contributed by atoms with E-state index in [0.717, 1.165) is 13.0 Å². The molecule has 0 aliphatic carbocycles. The predicted molar refractivity (Wildman–Crippen MR) is 68.2 cm³/mol. The summed E-state index contributed by atoms with van der Waals surface area (Å²) in [7, 11) is 3.98. The lowest BCUT2D eigenvalue weighted by molar-refractivity contribution is -0.139. The van der Waals surface area contributed by atoms with Crippen LogP contribution in [0.2, 0.25) is 0 Å². The van der Waals surface area contributed by atoms with E-state index in [0.29, 0.717) is 32.8 Å². The van der Waals surface area contributed by atoms with E-state index in [4.69, 9.17) is 4.74 Å². The van der Waals surface area contributed by atoms with Crippen molar-refractivity contribution in [3.05, 3.63) is 0 Å². The fourth-order valence-electron chi connectivity index (χ4n) is 1.75. The molecule has 1 N–H and O–H groups in total. The third-order valence-corrected chi connectivity index (χ3v) is 2.78. The van der Waals surface area contributed by atoms with Crippen molar-refractivity contribution in [1.82, 2.24) is 15.1 Å². The Balaban J connectivity index is 2.12. The maximum Gasteiger partial charge on any atom is 0.232 e. The summed E-state index contributed by atoms with van der Waals surface area (Å²) in [6.07, 6.45) is 0.840. The van der Waals surface area contributed by atoms with Crippen molar-refractivity contribution in [2.45, 2.75) is 12.8 Å². The second kappa shape index (κ2) is 8.05. The number of hydrogen-bond donors (Lipinski definition) is 1. The fourth-order valence-corrected chi connectivity index (χ4v) is 1.75. The van der Waals surface area contributed by atoms with Crippen LogP contribution in [0.4, 0.5) is 0 Å². The maximum atomic E-state index is 11.8. The van der Waals surface area contributed by atoms with E-state index in [1.807, 2.05) is 14.1 Å². The predicted octanol–water partition coefficient (Wildman–Crippen LogP) is -0.697. The first-order chi connectivity index (χ1) is 8.59. The summed E-state index contributed by atoms with van der Waals surface area (Å²) in [6, 6.07) is 0. The average molecular weight is 257 g/mol. The van der Waals surface area contributed by atoms with Gasteiger partial charge in [-0.25, -0.2) is 0 Å². The lowest BCUT2D eigenvalue weighted by Gasteiger charge is -2.26. The number of rotatable bonds is 6. The Morgan fingerprint density at radius 2 is 1.94 bits per heavy atom. The van der Waals surface area contributed by atoms with Gasteiger partial charge >= 0.3 is 0 Å². The molecule has 1 fully saturated rings. The van der Waals surface area contributed by atoms with Crippen molar-refractivity contribution in [2.75, 3.05) is 53.5 Å². The van der Waals surface area contributed by atoms with Gasteiger partial charge in [0, 0.05) is 19.6 Å². The van der Waals surface area contributed by atoms with Gasteiger partial charge in [-0.3, -0.25) is 9.59 Å². The van der Waals surface area contributed by atoms with E-state index < -0.39 is 0 Å². The van der Waals surface area contributed by atoms with E-state index >= 15 is 0 Å². The van der Waals surface area contributed by atoms with Gasteiger partial charge < -0.3 is 19.9 Å². The first-order valence-electron chi connectivity index (χ1n) is 6.36. The van der Waals surface area contributed by atoms with E-state index in [9.17, 15) is 9.59 Å². The van der Waals surface area contributed by atoms with Gasteiger partial charge in [0.15, 0.2) is 0 Å². The Morgan fingerprint density at radius 3 is 2.56 bits per heavy atom. The second-order valence-electron chi connectivity index (χ2n) is 4.68. The van der Waals surface area contributed by atoms with Crippen molar-refractivity contribution >= 4 is 11.8 Å². The van der Waals surface area contributed by atoms with Crippen LogP contribution in [-0.2, 0) is 14.3 Å². The van der Waals surface area contributed by atoms with Crippen LogP contribution in [0, 0.1) is 0 Å². The van der Waals surface area contributed by atoms with Gasteiger partial charge in [0.25, 0.3) is 0 Å². The molecule has 18 heavy (non-hydrogen) atoms. The van der Waals surface area contributed by atoms with Crippen molar-refractivity contribution in [2.24, 2.45) is 0 Å². The molecule has 2 amide bonds. The smallest absolute Gasteiger partial charge is 0.232 e. The Labute approximate surface area is 108 Å². The van der Waals surface area contributed by atoms with Crippen LogP contribution in [0.25, 0.3) is 0 Å².